The van der Waals surface area contributed by atoms with Gasteiger partial charge in [-0.2, -0.15) is 5.10 Å². The second kappa shape index (κ2) is 6.81. The van der Waals surface area contributed by atoms with Crippen molar-refractivity contribution in [1.82, 2.24) is 20.1 Å². The minimum atomic E-state index is -0.115. The van der Waals surface area contributed by atoms with E-state index in [4.69, 9.17) is 9.15 Å². The topological polar surface area (TPSA) is 82.2 Å². The predicted molar refractivity (Wildman–Crippen MR) is 101 cm³/mol. The molecule has 3 aromatic rings. The van der Waals surface area contributed by atoms with E-state index in [1.807, 2.05) is 24.7 Å². The molecule has 0 spiro atoms. The number of rotatable bonds is 4. The second-order valence-electron chi connectivity index (χ2n) is 7.17. The number of oxazole rings is 1. The first-order valence-corrected chi connectivity index (χ1v) is 9.21. The van der Waals surface area contributed by atoms with Crippen LogP contribution >= 0.6 is 0 Å². The van der Waals surface area contributed by atoms with E-state index >= 15 is 0 Å². The van der Waals surface area contributed by atoms with Gasteiger partial charge < -0.3 is 14.5 Å². The summed E-state index contributed by atoms with van der Waals surface area (Å²) in [5.41, 5.74) is 5.21. The van der Waals surface area contributed by atoms with Crippen LogP contribution in [-0.4, -0.2) is 33.8 Å². The number of ether oxygens (including phenoxy) is 1. The molecule has 3 heterocycles. The summed E-state index contributed by atoms with van der Waals surface area (Å²) in [7, 11) is 1.94. The van der Waals surface area contributed by atoms with Crippen molar-refractivity contribution in [3.63, 3.8) is 0 Å². The molecule has 7 heteroatoms. The Morgan fingerprint density at radius 2 is 2.15 bits per heavy atom. The van der Waals surface area contributed by atoms with Crippen LogP contribution in [0.15, 0.2) is 22.6 Å². The Morgan fingerprint density at radius 3 is 2.89 bits per heavy atom. The number of carbonyl (C=O) groups is 1. The van der Waals surface area contributed by atoms with Gasteiger partial charge in [0.2, 0.25) is 0 Å². The molecule has 7 nitrogen and oxygen atoms in total. The molecular weight excluding hydrogens is 344 g/mol. The molecule has 142 valence electrons. The van der Waals surface area contributed by atoms with Crippen LogP contribution in [0.1, 0.15) is 45.7 Å². The molecule has 4 rings (SSSR count). The van der Waals surface area contributed by atoms with Crippen LogP contribution in [-0.2, 0) is 11.8 Å². The molecule has 1 aromatic carbocycles. The quantitative estimate of drug-likeness (QED) is 0.765. The number of fused-ring (bicyclic) bond motifs is 1. The van der Waals surface area contributed by atoms with Gasteiger partial charge in [-0.25, -0.2) is 4.98 Å². The zero-order chi connectivity index (χ0) is 19.1. The average molecular weight is 368 g/mol. The highest BCUT2D eigenvalue weighted by Gasteiger charge is 2.33. The van der Waals surface area contributed by atoms with Crippen LogP contribution in [0, 0.1) is 26.7 Å². The number of benzene rings is 1. The fourth-order valence-corrected chi connectivity index (χ4v) is 3.87. The van der Waals surface area contributed by atoms with Crippen LogP contribution in [0.25, 0.3) is 11.1 Å². The Balaban J connectivity index is 1.47. The highest BCUT2D eigenvalue weighted by molar-refractivity contribution is 5.97. The Labute approximate surface area is 157 Å². The van der Waals surface area contributed by atoms with Gasteiger partial charge in [-0.3, -0.25) is 9.48 Å². The molecule has 0 saturated carbocycles. The molecule has 0 radical (unpaired) electrons. The number of aromatic nitrogens is 3. The maximum atomic E-state index is 12.6. The van der Waals surface area contributed by atoms with Gasteiger partial charge >= 0.3 is 0 Å². The summed E-state index contributed by atoms with van der Waals surface area (Å²) in [5, 5.41) is 7.55. The minimum absolute atomic E-state index is 0.0293. The maximum absolute atomic E-state index is 12.6. The Morgan fingerprint density at radius 1 is 1.33 bits per heavy atom. The molecule has 1 saturated heterocycles. The monoisotopic (exact) mass is 368 g/mol. The first-order chi connectivity index (χ1) is 12.9. The number of hydrogen-bond donors (Lipinski definition) is 1. The maximum Gasteiger partial charge on any atom is 0.251 e. The predicted octanol–water partition coefficient (Wildman–Crippen LogP) is 2.99. The fourth-order valence-electron chi connectivity index (χ4n) is 3.87. The molecule has 0 bridgehead atoms. The van der Waals surface area contributed by atoms with Crippen molar-refractivity contribution >= 4 is 17.0 Å². The minimum Gasteiger partial charge on any atom is -0.441 e. The standard InChI is InChI=1S/C20H24N4O3/c1-11-18(12(2)24(4)23-11)19-15(7-8-26-19)10-21-20(25)14-5-6-16-17(9-14)27-13(3)22-16/h5-6,9,15,19H,7-8,10H2,1-4H3,(H,21,25)/t15-,19+/m0/s1. The van der Waals surface area contributed by atoms with Gasteiger partial charge in [-0.1, -0.05) is 0 Å². The molecule has 2 atom stereocenters. The lowest BCUT2D eigenvalue weighted by Gasteiger charge is -2.20. The molecule has 1 amide bonds. The summed E-state index contributed by atoms with van der Waals surface area (Å²) in [4.78, 5) is 16.9. The largest absolute Gasteiger partial charge is 0.441 e. The zero-order valence-electron chi connectivity index (χ0n) is 16.1. The molecular formula is C20H24N4O3. The van der Waals surface area contributed by atoms with Crippen LogP contribution in [0.3, 0.4) is 0 Å². The van der Waals surface area contributed by atoms with Crippen LogP contribution < -0.4 is 5.32 Å². The molecule has 27 heavy (non-hydrogen) atoms. The number of nitrogens with one attached hydrogen (secondary N) is 1. The third kappa shape index (κ3) is 3.23. The van der Waals surface area contributed by atoms with Crippen molar-refractivity contribution < 1.29 is 13.9 Å². The van der Waals surface area contributed by atoms with Gasteiger partial charge in [0.1, 0.15) is 5.52 Å². The number of aryl methyl sites for hydroxylation is 3. The van der Waals surface area contributed by atoms with E-state index in [9.17, 15) is 4.79 Å². The van der Waals surface area contributed by atoms with E-state index in [-0.39, 0.29) is 17.9 Å². The van der Waals surface area contributed by atoms with Crippen molar-refractivity contribution in [3.05, 3.63) is 46.6 Å². The van der Waals surface area contributed by atoms with E-state index < -0.39 is 0 Å². The van der Waals surface area contributed by atoms with E-state index in [2.05, 4.69) is 22.3 Å². The summed E-state index contributed by atoms with van der Waals surface area (Å²) < 4.78 is 13.4. The molecule has 1 N–H and O–H groups in total. The van der Waals surface area contributed by atoms with E-state index in [0.717, 1.165) is 28.9 Å². The lowest BCUT2D eigenvalue weighted by atomic mass is 9.94. The van der Waals surface area contributed by atoms with Crippen LogP contribution in [0.4, 0.5) is 0 Å². The smallest absolute Gasteiger partial charge is 0.251 e. The van der Waals surface area contributed by atoms with Gasteiger partial charge in [0.15, 0.2) is 11.5 Å². The molecule has 0 unspecified atom stereocenters. The Hall–Kier alpha value is -2.67. The number of hydrogen-bond acceptors (Lipinski definition) is 5. The van der Waals surface area contributed by atoms with E-state index in [1.165, 1.54) is 0 Å². The van der Waals surface area contributed by atoms with Crippen molar-refractivity contribution in [2.45, 2.75) is 33.3 Å². The first kappa shape index (κ1) is 17.7. The zero-order valence-corrected chi connectivity index (χ0v) is 16.1. The van der Waals surface area contributed by atoms with Gasteiger partial charge in [-0.05, 0) is 38.5 Å². The first-order valence-electron chi connectivity index (χ1n) is 9.21. The van der Waals surface area contributed by atoms with Gasteiger partial charge in [0.05, 0.1) is 11.8 Å². The van der Waals surface area contributed by atoms with Gasteiger partial charge in [0.25, 0.3) is 5.91 Å². The van der Waals surface area contributed by atoms with Crippen LogP contribution in [0.2, 0.25) is 0 Å². The SMILES string of the molecule is Cc1nc2ccc(C(=O)NC[C@@H]3CCO[C@H]3c3c(C)nn(C)c3C)cc2o1. The molecule has 1 fully saturated rings. The number of carbonyl (C=O) groups excluding carboxylic acids is 1. The van der Waals surface area contributed by atoms with Crippen molar-refractivity contribution in [1.29, 1.82) is 0 Å². The summed E-state index contributed by atoms with van der Waals surface area (Å²) in [6.45, 7) is 7.12. The van der Waals surface area contributed by atoms with Crippen molar-refractivity contribution in [2.24, 2.45) is 13.0 Å². The van der Waals surface area contributed by atoms with Crippen LogP contribution in [0.5, 0.6) is 0 Å². The summed E-state index contributed by atoms with van der Waals surface area (Å²) in [6.07, 6.45) is 0.886. The second-order valence-corrected chi connectivity index (χ2v) is 7.17. The Kier molecular flexibility index (Phi) is 4.47. The Bertz CT molecular complexity index is 1000. The van der Waals surface area contributed by atoms with Gasteiger partial charge in [0, 0.05) is 49.9 Å². The normalized spacial score (nSPS) is 19.7. The summed E-state index contributed by atoms with van der Waals surface area (Å²) in [6, 6.07) is 5.32. The van der Waals surface area contributed by atoms with E-state index in [0.29, 0.717) is 30.2 Å². The molecule has 1 aliphatic heterocycles. The van der Waals surface area contributed by atoms with Crippen molar-refractivity contribution in [2.75, 3.05) is 13.2 Å². The highest BCUT2D eigenvalue weighted by Crippen LogP contribution is 2.37. The van der Waals surface area contributed by atoms with Gasteiger partial charge in [-0.15, -0.1) is 0 Å². The highest BCUT2D eigenvalue weighted by atomic mass is 16.5. The number of amides is 1. The third-order valence-electron chi connectivity index (χ3n) is 5.35. The average Bonchev–Trinajstić information content (AvgIpc) is 3.29. The third-order valence-corrected chi connectivity index (χ3v) is 5.35. The summed E-state index contributed by atoms with van der Waals surface area (Å²) in [5.74, 6) is 0.707. The number of nitrogens with zero attached hydrogens (tertiary/aromatic N) is 3. The van der Waals surface area contributed by atoms with E-state index in [1.54, 1.807) is 19.1 Å². The molecule has 2 aromatic heterocycles. The lowest BCUT2D eigenvalue weighted by Crippen LogP contribution is -2.30. The summed E-state index contributed by atoms with van der Waals surface area (Å²) >= 11 is 0. The fraction of sp³-hybridized carbons (Fsp3) is 0.450. The molecule has 1 aliphatic rings. The molecule has 0 aliphatic carbocycles. The lowest BCUT2D eigenvalue weighted by molar-refractivity contribution is 0.0840. The van der Waals surface area contributed by atoms with Crippen molar-refractivity contribution in [3.8, 4) is 0 Å².